The van der Waals surface area contributed by atoms with Gasteiger partial charge in [0.05, 0.1) is 19.3 Å². The number of esters is 1. The van der Waals surface area contributed by atoms with Gasteiger partial charge in [-0.2, -0.15) is 0 Å². The largest absolute Gasteiger partial charge is 0.493 e. The Morgan fingerprint density at radius 3 is 2.59 bits per heavy atom. The highest BCUT2D eigenvalue weighted by molar-refractivity contribution is 6.05. The molecule has 0 bridgehead atoms. The van der Waals surface area contributed by atoms with E-state index in [4.69, 9.17) is 13.9 Å². The molecule has 0 unspecified atom stereocenters. The smallest absolute Gasteiger partial charge is 0.338 e. The lowest BCUT2D eigenvalue weighted by Gasteiger charge is -2.06. The molecule has 1 heterocycles. The number of benzene rings is 2. The second-order valence-corrected chi connectivity index (χ2v) is 6.01. The molecule has 0 fully saturated rings. The van der Waals surface area contributed by atoms with Gasteiger partial charge in [-0.05, 0) is 42.8 Å². The molecule has 2 aromatic carbocycles. The molecule has 0 atom stereocenters. The summed E-state index contributed by atoms with van der Waals surface area (Å²) in [5, 5.41) is 3.53. The zero-order valence-corrected chi connectivity index (χ0v) is 15.3. The van der Waals surface area contributed by atoms with Gasteiger partial charge in [0.15, 0.2) is 17.1 Å². The molecular formula is C21H21NO5. The highest BCUT2D eigenvalue weighted by Gasteiger charge is 2.15. The fourth-order valence-corrected chi connectivity index (χ4v) is 2.58. The first-order chi connectivity index (χ1) is 13.1. The van der Waals surface area contributed by atoms with E-state index >= 15 is 0 Å². The predicted molar refractivity (Wildman–Crippen MR) is 102 cm³/mol. The fourth-order valence-electron chi connectivity index (χ4n) is 2.58. The second kappa shape index (κ2) is 8.40. The highest BCUT2D eigenvalue weighted by atomic mass is 16.5. The van der Waals surface area contributed by atoms with Crippen LogP contribution in [0.4, 0.5) is 5.69 Å². The second-order valence-electron chi connectivity index (χ2n) is 6.01. The van der Waals surface area contributed by atoms with Crippen molar-refractivity contribution in [1.29, 1.82) is 0 Å². The number of nitrogens with one attached hydrogen (secondary N) is 1. The van der Waals surface area contributed by atoms with Gasteiger partial charge in [0.25, 0.3) is 5.91 Å². The summed E-state index contributed by atoms with van der Waals surface area (Å²) in [6.45, 7) is 2.44. The molecular weight excluding hydrogens is 346 g/mol. The van der Waals surface area contributed by atoms with E-state index in [1.807, 2.05) is 19.1 Å². The van der Waals surface area contributed by atoms with Crippen LogP contribution in [0.15, 0.2) is 52.9 Å². The molecule has 0 saturated carbocycles. The van der Waals surface area contributed by atoms with E-state index in [2.05, 4.69) is 5.32 Å². The van der Waals surface area contributed by atoms with Crippen molar-refractivity contribution < 1.29 is 23.5 Å². The van der Waals surface area contributed by atoms with Crippen LogP contribution in [0.5, 0.6) is 5.75 Å². The average molecular weight is 367 g/mol. The normalized spacial score (nSPS) is 10.6. The number of rotatable bonds is 7. The van der Waals surface area contributed by atoms with Crippen molar-refractivity contribution in [2.24, 2.45) is 0 Å². The van der Waals surface area contributed by atoms with Gasteiger partial charge >= 0.3 is 5.97 Å². The summed E-state index contributed by atoms with van der Waals surface area (Å²) in [7, 11) is 1.55. The third kappa shape index (κ3) is 4.28. The first-order valence-corrected chi connectivity index (χ1v) is 8.77. The summed E-state index contributed by atoms with van der Waals surface area (Å²) in [5.74, 6) is -0.00716. The Labute approximate surface area is 157 Å². The lowest BCUT2D eigenvalue weighted by atomic mass is 10.2. The SMILES string of the molecule is CCCCOC(=O)c1ccc(NC(=O)c2cc3cccc(OC)c3o2)cc1. The number of amides is 1. The number of hydrogen-bond donors (Lipinski definition) is 1. The lowest BCUT2D eigenvalue weighted by Crippen LogP contribution is -2.11. The van der Waals surface area contributed by atoms with Gasteiger partial charge in [0, 0.05) is 11.1 Å². The molecule has 3 rings (SSSR count). The van der Waals surface area contributed by atoms with Crippen molar-refractivity contribution in [1.82, 2.24) is 0 Å². The van der Waals surface area contributed by atoms with E-state index in [0.717, 1.165) is 18.2 Å². The predicted octanol–water partition coefficient (Wildman–Crippen LogP) is 4.65. The molecule has 1 N–H and O–H groups in total. The molecule has 0 radical (unpaired) electrons. The van der Waals surface area contributed by atoms with E-state index < -0.39 is 0 Å². The molecule has 6 nitrogen and oxygen atoms in total. The number of furan rings is 1. The maximum Gasteiger partial charge on any atom is 0.338 e. The molecule has 0 aliphatic rings. The van der Waals surface area contributed by atoms with Gasteiger partial charge < -0.3 is 19.2 Å². The Morgan fingerprint density at radius 2 is 1.89 bits per heavy atom. The van der Waals surface area contributed by atoms with Crippen molar-refractivity contribution in [2.45, 2.75) is 19.8 Å². The Bertz CT molecular complexity index is 943. The summed E-state index contributed by atoms with van der Waals surface area (Å²) < 4.78 is 16.0. The maximum absolute atomic E-state index is 12.4. The minimum Gasteiger partial charge on any atom is -0.493 e. The van der Waals surface area contributed by atoms with Crippen LogP contribution in [0.1, 0.15) is 40.7 Å². The number of para-hydroxylation sites is 1. The number of hydrogen-bond acceptors (Lipinski definition) is 5. The Balaban J connectivity index is 1.68. The molecule has 6 heteroatoms. The van der Waals surface area contributed by atoms with E-state index in [0.29, 0.717) is 29.2 Å². The molecule has 27 heavy (non-hydrogen) atoms. The number of unbranched alkanes of at least 4 members (excludes halogenated alkanes) is 1. The fraction of sp³-hybridized carbons (Fsp3) is 0.238. The first-order valence-electron chi connectivity index (χ1n) is 8.77. The standard InChI is InChI=1S/C21H21NO5/c1-3-4-12-26-21(24)14-8-10-16(11-9-14)22-20(23)18-13-15-6-5-7-17(25-2)19(15)27-18/h5-11,13H,3-4,12H2,1-2H3,(H,22,23). The van der Waals surface area contributed by atoms with Crippen molar-refractivity contribution >= 4 is 28.5 Å². The van der Waals surface area contributed by atoms with Gasteiger partial charge in [-0.15, -0.1) is 0 Å². The summed E-state index contributed by atoms with van der Waals surface area (Å²) in [4.78, 5) is 24.3. The maximum atomic E-state index is 12.4. The van der Waals surface area contributed by atoms with Crippen LogP contribution >= 0.6 is 0 Å². The zero-order chi connectivity index (χ0) is 19.2. The molecule has 0 aliphatic carbocycles. The van der Waals surface area contributed by atoms with Gasteiger partial charge in [0.2, 0.25) is 0 Å². The van der Waals surface area contributed by atoms with E-state index in [-0.39, 0.29) is 17.6 Å². The number of fused-ring (bicyclic) bond motifs is 1. The average Bonchev–Trinajstić information content (AvgIpc) is 3.13. The Morgan fingerprint density at radius 1 is 1.11 bits per heavy atom. The van der Waals surface area contributed by atoms with Gasteiger partial charge in [-0.1, -0.05) is 25.5 Å². The van der Waals surface area contributed by atoms with Crippen molar-refractivity contribution in [2.75, 3.05) is 19.0 Å². The monoisotopic (exact) mass is 367 g/mol. The van der Waals surface area contributed by atoms with Crippen molar-refractivity contribution in [3.05, 3.63) is 59.9 Å². The van der Waals surface area contributed by atoms with Crippen LogP contribution < -0.4 is 10.1 Å². The van der Waals surface area contributed by atoms with Gasteiger partial charge in [-0.3, -0.25) is 4.79 Å². The van der Waals surface area contributed by atoms with Crippen LogP contribution in [-0.2, 0) is 4.74 Å². The van der Waals surface area contributed by atoms with Crippen LogP contribution in [0.2, 0.25) is 0 Å². The quantitative estimate of drug-likeness (QED) is 0.486. The summed E-state index contributed by atoms with van der Waals surface area (Å²) in [6, 6.07) is 13.6. The summed E-state index contributed by atoms with van der Waals surface area (Å²) in [6.07, 6.45) is 1.80. The van der Waals surface area contributed by atoms with Crippen LogP contribution in [-0.4, -0.2) is 25.6 Å². The molecule has 0 spiro atoms. The number of carbonyl (C=O) groups excluding carboxylic acids is 2. The number of ether oxygens (including phenoxy) is 2. The van der Waals surface area contributed by atoms with Crippen molar-refractivity contribution in [3.63, 3.8) is 0 Å². The van der Waals surface area contributed by atoms with Crippen LogP contribution in [0.3, 0.4) is 0 Å². The molecule has 0 saturated heterocycles. The third-order valence-electron chi connectivity index (χ3n) is 4.06. The zero-order valence-electron chi connectivity index (χ0n) is 15.3. The van der Waals surface area contributed by atoms with Crippen LogP contribution in [0, 0.1) is 0 Å². The van der Waals surface area contributed by atoms with Crippen LogP contribution in [0.25, 0.3) is 11.0 Å². The topological polar surface area (TPSA) is 77.8 Å². The van der Waals surface area contributed by atoms with E-state index in [9.17, 15) is 9.59 Å². The Kier molecular flexibility index (Phi) is 5.76. The molecule has 1 amide bonds. The van der Waals surface area contributed by atoms with Gasteiger partial charge in [-0.25, -0.2) is 4.79 Å². The first kappa shape index (κ1) is 18.5. The van der Waals surface area contributed by atoms with E-state index in [1.54, 1.807) is 43.5 Å². The van der Waals surface area contributed by atoms with E-state index in [1.165, 1.54) is 0 Å². The summed E-state index contributed by atoms with van der Waals surface area (Å²) >= 11 is 0. The molecule has 1 aromatic heterocycles. The number of carbonyl (C=O) groups is 2. The van der Waals surface area contributed by atoms with Gasteiger partial charge in [0.1, 0.15) is 0 Å². The Hall–Kier alpha value is -3.28. The molecule has 140 valence electrons. The highest BCUT2D eigenvalue weighted by Crippen LogP contribution is 2.28. The lowest BCUT2D eigenvalue weighted by molar-refractivity contribution is 0.0499. The molecule has 3 aromatic rings. The minimum absolute atomic E-state index is 0.178. The summed E-state index contributed by atoms with van der Waals surface area (Å²) in [5.41, 5.74) is 1.52. The number of anilines is 1. The number of methoxy groups -OCH3 is 1. The molecule has 0 aliphatic heterocycles. The van der Waals surface area contributed by atoms with Crippen molar-refractivity contribution in [3.8, 4) is 5.75 Å². The minimum atomic E-state index is -0.383. The third-order valence-corrected chi connectivity index (χ3v) is 4.06.